The van der Waals surface area contributed by atoms with Gasteiger partial charge in [-0.05, 0) is 23.8 Å². The molecule has 0 aromatic heterocycles. The molecule has 9 heteroatoms. The highest BCUT2D eigenvalue weighted by molar-refractivity contribution is 7.91. The van der Waals surface area contributed by atoms with Gasteiger partial charge in [0.05, 0.1) is 30.2 Å². The molecular formula is C19H20Cl2N2O4S. The molecule has 1 amide bonds. The van der Waals surface area contributed by atoms with Gasteiger partial charge in [-0.2, -0.15) is 0 Å². The van der Waals surface area contributed by atoms with E-state index in [9.17, 15) is 18.3 Å². The Morgan fingerprint density at radius 1 is 1.11 bits per heavy atom. The highest BCUT2D eigenvalue weighted by Crippen LogP contribution is 2.24. The van der Waals surface area contributed by atoms with Crippen molar-refractivity contribution < 1.29 is 18.3 Å². The minimum atomic E-state index is -3.35. The fourth-order valence-electron chi connectivity index (χ4n) is 3.28. The van der Waals surface area contributed by atoms with E-state index in [1.807, 2.05) is 30.3 Å². The van der Waals surface area contributed by atoms with Crippen LogP contribution in [0, 0.1) is 0 Å². The fraction of sp³-hybridized carbons (Fsp3) is 0.316. The highest BCUT2D eigenvalue weighted by Gasteiger charge is 2.40. The van der Waals surface area contributed by atoms with Crippen molar-refractivity contribution in [2.75, 3.05) is 23.4 Å². The second-order valence-corrected chi connectivity index (χ2v) is 9.84. The number of carbonyl (C=O) groups excluding carboxylic acids is 1. The van der Waals surface area contributed by atoms with E-state index in [0.29, 0.717) is 22.3 Å². The number of nitrogens with one attached hydrogen (secondary N) is 1. The van der Waals surface area contributed by atoms with Crippen LogP contribution in [0.1, 0.15) is 5.56 Å². The number of hydrogen-bond acceptors (Lipinski definition) is 5. The predicted octanol–water partition coefficient (Wildman–Crippen LogP) is 2.59. The van der Waals surface area contributed by atoms with Crippen molar-refractivity contribution >= 4 is 44.6 Å². The summed E-state index contributed by atoms with van der Waals surface area (Å²) in [4.78, 5) is 14.3. The van der Waals surface area contributed by atoms with Crippen molar-refractivity contribution in [1.29, 1.82) is 0 Å². The van der Waals surface area contributed by atoms with E-state index < -0.39 is 22.0 Å². The largest absolute Gasteiger partial charge is 0.390 e. The van der Waals surface area contributed by atoms with Gasteiger partial charge in [0.15, 0.2) is 9.84 Å². The standard InChI is InChI=1S/C19H20Cl2N2O4S/c20-14-6-15(21)8-16(7-14)22-19(25)10-23(9-13-4-2-1-3-5-13)17-11-28(26,27)12-18(17)24/h1-8,17-18,24H,9-12H2,(H,22,25). The summed E-state index contributed by atoms with van der Waals surface area (Å²) < 4.78 is 23.9. The Balaban J connectivity index is 1.77. The lowest BCUT2D eigenvalue weighted by Gasteiger charge is -2.29. The number of anilines is 1. The minimum absolute atomic E-state index is 0.0870. The second-order valence-electron chi connectivity index (χ2n) is 6.81. The summed E-state index contributed by atoms with van der Waals surface area (Å²) in [6.45, 7) is 0.248. The van der Waals surface area contributed by atoms with Crippen molar-refractivity contribution in [2.45, 2.75) is 18.7 Å². The maximum Gasteiger partial charge on any atom is 0.238 e. The quantitative estimate of drug-likeness (QED) is 0.717. The first-order valence-corrected chi connectivity index (χ1v) is 11.2. The molecule has 2 aromatic rings. The smallest absolute Gasteiger partial charge is 0.238 e. The lowest BCUT2D eigenvalue weighted by molar-refractivity contribution is -0.118. The highest BCUT2D eigenvalue weighted by atomic mass is 35.5. The van der Waals surface area contributed by atoms with E-state index in [1.54, 1.807) is 23.1 Å². The van der Waals surface area contributed by atoms with Gasteiger partial charge < -0.3 is 10.4 Å². The second kappa shape index (κ2) is 8.80. The van der Waals surface area contributed by atoms with Gasteiger partial charge >= 0.3 is 0 Å². The summed E-state index contributed by atoms with van der Waals surface area (Å²) >= 11 is 11.9. The van der Waals surface area contributed by atoms with E-state index in [2.05, 4.69) is 5.32 Å². The first-order valence-electron chi connectivity index (χ1n) is 8.64. The van der Waals surface area contributed by atoms with E-state index in [0.717, 1.165) is 5.56 Å². The molecule has 150 valence electrons. The van der Waals surface area contributed by atoms with Crippen LogP contribution in [-0.2, 0) is 21.2 Å². The molecule has 28 heavy (non-hydrogen) atoms. The molecule has 1 saturated heterocycles. The monoisotopic (exact) mass is 442 g/mol. The average Bonchev–Trinajstić information content (AvgIpc) is 2.87. The number of benzene rings is 2. The molecule has 6 nitrogen and oxygen atoms in total. The number of hydrogen-bond donors (Lipinski definition) is 2. The van der Waals surface area contributed by atoms with Gasteiger partial charge in [-0.25, -0.2) is 8.42 Å². The normalized spacial score (nSPS) is 21.0. The zero-order valence-corrected chi connectivity index (χ0v) is 17.2. The van der Waals surface area contributed by atoms with Crippen molar-refractivity contribution in [2.24, 2.45) is 0 Å². The molecule has 2 atom stereocenters. The summed E-state index contributed by atoms with van der Waals surface area (Å²) in [5.41, 5.74) is 1.36. The number of carbonyl (C=O) groups is 1. The zero-order valence-electron chi connectivity index (χ0n) is 14.9. The average molecular weight is 443 g/mol. The lowest BCUT2D eigenvalue weighted by atomic mass is 10.1. The molecule has 2 aromatic carbocycles. The Hall–Kier alpha value is -1.64. The number of nitrogens with zero attached hydrogens (tertiary/aromatic N) is 1. The van der Waals surface area contributed by atoms with Crippen molar-refractivity contribution in [3.05, 3.63) is 64.1 Å². The SMILES string of the molecule is O=C(CN(Cc1ccccc1)C1CS(=O)(=O)CC1O)Nc1cc(Cl)cc(Cl)c1. The Morgan fingerprint density at radius 2 is 1.75 bits per heavy atom. The van der Waals surface area contributed by atoms with Crippen LogP contribution in [0.2, 0.25) is 10.0 Å². The van der Waals surface area contributed by atoms with Gasteiger partial charge in [0.25, 0.3) is 0 Å². The van der Waals surface area contributed by atoms with Crippen LogP contribution in [0.25, 0.3) is 0 Å². The van der Waals surface area contributed by atoms with E-state index in [-0.39, 0.29) is 24.0 Å². The van der Waals surface area contributed by atoms with Gasteiger partial charge in [-0.1, -0.05) is 53.5 Å². The van der Waals surface area contributed by atoms with Crippen LogP contribution in [0.4, 0.5) is 5.69 Å². The first-order chi connectivity index (χ1) is 13.2. The zero-order chi connectivity index (χ0) is 20.3. The summed E-state index contributed by atoms with van der Waals surface area (Å²) in [6, 6.07) is 13.4. The Morgan fingerprint density at radius 3 is 2.32 bits per heavy atom. The summed E-state index contributed by atoms with van der Waals surface area (Å²) in [6.07, 6.45) is -1.04. The van der Waals surface area contributed by atoms with Gasteiger partial charge in [-0.3, -0.25) is 9.69 Å². The molecule has 1 aliphatic rings. The van der Waals surface area contributed by atoms with Crippen molar-refractivity contribution in [3.8, 4) is 0 Å². The lowest BCUT2D eigenvalue weighted by Crippen LogP contribution is -2.46. The number of halogens is 2. The molecule has 0 bridgehead atoms. The molecule has 3 rings (SSSR count). The van der Waals surface area contributed by atoms with Crippen LogP contribution < -0.4 is 5.32 Å². The Bertz CT molecular complexity index is 933. The van der Waals surface area contributed by atoms with E-state index in [4.69, 9.17) is 23.2 Å². The number of rotatable bonds is 6. The summed E-state index contributed by atoms with van der Waals surface area (Å²) in [7, 11) is -3.35. The first kappa shape index (κ1) is 21.1. The summed E-state index contributed by atoms with van der Waals surface area (Å²) in [5, 5.41) is 13.8. The molecule has 2 N–H and O–H groups in total. The van der Waals surface area contributed by atoms with Crippen molar-refractivity contribution in [1.82, 2.24) is 4.90 Å². The molecule has 0 aliphatic carbocycles. The number of sulfone groups is 1. The maximum atomic E-state index is 12.6. The summed E-state index contributed by atoms with van der Waals surface area (Å²) in [5.74, 6) is -0.836. The molecule has 0 radical (unpaired) electrons. The van der Waals surface area contributed by atoms with Gasteiger partial charge in [-0.15, -0.1) is 0 Å². The van der Waals surface area contributed by atoms with Crippen LogP contribution in [0.3, 0.4) is 0 Å². The van der Waals surface area contributed by atoms with Gasteiger partial charge in [0, 0.05) is 22.3 Å². The third-order valence-electron chi connectivity index (χ3n) is 4.48. The predicted molar refractivity (Wildman–Crippen MR) is 110 cm³/mol. The number of aliphatic hydroxyl groups is 1. The van der Waals surface area contributed by atoms with Gasteiger partial charge in [0.1, 0.15) is 0 Å². The molecular weight excluding hydrogens is 423 g/mol. The van der Waals surface area contributed by atoms with E-state index >= 15 is 0 Å². The molecule has 1 aliphatic heterocycles. The molecule has 0 spiro atoms. The minimum Gasteiger partial charge on any atom is -0.390 e. The van der Waals surface area contributed by atoms with Crippen LogP contribution >= 0.6 is 23.2 Å². The van der Waals surface area contributed by atoms with Crippen molar-refractivity contribution in [3.63, 3.8) is 0 Å². The topological polar surface area (TPSA) is 86.7 Å². The Kier molecular flexibility index (Phi) is 6.62. The number of amides is 1. The Labute approximate surface area is 174 Å². The molecule has 1 heterocycles. The van der Waals surface area contributed by atoms with Gasteiger partial charge in [0.2, 0.25) is 5.91 Å². The molecule has 0 saturated carbocycles. The number of aliphatic hydroxyl groups excluding tert-OH is 1. The van der Waals surface area contributed by atoms with Crippen LogP contribution in [0.5, 0.6) is 0 Å². The van der Waals surface area contributed by atoms with Crippen LogP contribution in [-0.4, -0.2) is 54.5 Å². The molecule has 2 unspecified atom stereocenters. The van der Waals surface area contributed by atoms with Crippen LogP contribution in [0.15, 0.2) is 48.5 Å². The molecule has 1 fully saturated rings. The van der Waals surface area contributed by atoms with E-state index in [1.165, 1.54) is 0 Å². The maximum absolute atomic E-state index is 12.6. The third kappa shape index (κ3) is 5.68. The third-order valence-corrected chi connectivity index (χ3v) is 6.62. The fourth-order valence-corrected chi connectivity index (χ4v) is 5.64.